The molecule has 1 nitrogen and oxygen atoms in total. The number of halogens is 7. The van der Waals surface area contributed by atoms with Crippen LogP contribution in [0.4, 0.5) is 30.7 Å². The SMILES string of the molecule is CCCNC(c1cccc(F)c1)C(C(F)(F)F)C(F)(F)F. The van der Waals surface area contributed by atoms with E-state index in [1.165, 1.54) is 0 Å². The summed E-state index contributed by atoms with van der Waals surface area (Å²) in [7, 11) is 0. The average Bonchev–Trinajstić information content (AvgIpc) is 2.30. The highest BCUT2D eigenvalue weighted by Crippen LogP contribution is 2.46. The van der Waals surface area contributed by atoms with Crippen LogP contribution < -0.4 is 5.32 Å². The molecule has 0 spiro atoms. The first-order valence-corrected chi connectivity index (χ1v) is 6.19. The van der Waals surface area contributed by atoms with E-state index in [1.807, 2.05) is 0 Å². The fraction of sp³-hybridized carbons (Fsp3) is 0.538. The van der Waals surface area contributed by atoms with Crippen LogP contribution in [0.5, 0.6) is 0 Å². The predicted octanol–water partition coefficient (Wildman–Crippen LogP) is 4.61. The minimum atomic E-state index is -5.49. The smallest absolute Gasteiger partial charge is 0.309 e. The zero-order chi connectivity index (χ0) is 16.3. The molecule has 0 fully saturated rings. The monoisotopic (exact) mass is 317 g/mol. The van der Waals surface area contributed by atoms with Gasteiger partial charge in [-0.15, -0.1) is 0 Å². The van der Waals surface area contributed by atoms with Gasteiger partial charge in [-0.2, -0.15) is 26.3 Å². The van der Waals surface area contributed by atoms with Gasteiger partial charge in [0.25, 0.3) is 0 Å². The average molecular weight is 317 g/mol. The third kappa shape index (κ3) is 4.87. The minimum Gasteiger partial charge on any atom is -0.309 e. The Labute approximate surface area is 117 Å². The van der Waals surface area contributed by atoms with Crippen LogP contribution >= 0.6 is 0 Å². The van der Waals surface area contributed by atoms with Gasteiger partial charge in [-0.1, -0.05) is 19.1 Å². The molecule has 1 aromatic rings. The van der Waals surface area contributed by atoms with Gasteiger partial charge in [0.15, 0.2) is 5.92 Å². The van der Waals surface area contributed by atoms with E-state index in [0.717, 1.165) is 18.2 Å². The standard InChI is InChI=1S/C13H14F7N/c1-2-6-21-10(8-4-3-5-9(14)7-8)11(12(15,16)17)13(18,19)20/h3-5,7,10-11,21H,2,6H2,1H3. The highest BCUT2D eigenvalue weighted by atomic mass is 19.4. The molecule has 0 amide bonds. The summed E-state index contributed by atoms with van der Waals surface area (Å²) in [6, 6.07) is 1.67. The molecule has 0 aliphatic carbocycles. The van der Waals surface area contributed by atoms with Crippen molar-refractivity contribution < 1.29 is 30.7 Å². The molecule has 0 heterocycles. The van der Waals surface area contributed by atoms with Gasteiger partial charge in [-0.05, 0) is 30.7 Å². The van der Waals surface area contributed by atoms with Crippen LogP contribution in [0.25, 0.3) is 0 Å². The molecule has 1 rings (SSSR count). The lowest BCUT2D eigenvalue weighted by Gasteiger charge is -2.31. The topological polar surface area (TPSA) is 12.0 Å². The summed E-state index contributed by atoms with van der Waals surface area (Å²) in [6.45, 7) is 1.55. The third-order valence-electron chi connectivity index (χ3n) is 2.86. The van der Waals surface area contributed by atoms with Crippen LogP contribution in [0, 0.1) is 11.7 Å². The number of rotatable bonds is 5. The van der Waals surface area contributed by atoms with Gasteiger partial charge in [0.05, 0.1) is 6.04 Å². The lowest BCUT2D eigenvalue weighted by Crippen LogP contribution is -2.46. The first kappa shape index (κ1) is 17.7. The quantitative estimate of drug-likeness (QED) is 0.782. The summed E-state index contributed by atoms with van der Waals surface area (Å²) in [5.41, 5.74) is -0.386. The summed E-state index contributed by atoms with van der Waals surface area (Å²) >= 11 is 0. The zero-order valence-corrected chi connectivity index (χ0v) is 11.0. The molecule has 0 aliphatic rings. The summed E-state index contributed by atoms with van der Waals surface area (Å²) in [6.07, 6.45) is -10.6. The maximum absolute atomic E-state index is 13.1. The number of hydrogen-bond donors (Lipinski definition) is 1. The van der Waals surface area contributed by atoms with Gasteiger partial charge in [0.2, 0.25) is 0 Å². The second-order valence-electron chi connectivity index (χ2n) is 4.55. The molecule has 0 saturated heterocycles. The van der Waals surface area contributed by atoms with Crippen molar-refractivity contribution in [2.24, 2.45) is 5.92 Å². The summed E-state index contributed by atoms with van der Waals surface area (Å²) in [4.78, 5) is 0. The molecule has 21 heavy (non-hydrogen) atoms. The Morgan fingerprint density at radius 3 is 2.05 bits per heavy atom. The number of alkyl halides is 6. The second-order valence-corrected chi connectivity index (χ2v) is 4.55. The van der Waals surface area contributed by atoms with Crippen LogP contribution in [0.1, 0.15) is 24.9 Å². The number of hydrogen-bond acceptors (Lipinski definition) is 1. The van der Waals surface area contributed by atoms with Crippen molar-refractivity contribution in [2.75, 3.05) is 6.54 Å². The first-order chi connectivity index (χ1) is 9.57. The molecule has 1 unspecified atom stereocenters. The van der Waals surface area contributed by atoms with Gasteiger partial charge in [0.1, 0.15) is 5.82 Å². The Balaban J connectivity index is 3.27. The molecular weight excluding hydrogens is 303 g/mol. The summed E-state index contributed by atoms with van der Waals surface area (Å²) < 4.78 is 90.1. The van der Waals surface area contributed by atoms with Crippen molar-refractivity contribution in [2.45, 2.75) is 31.7 Å². The van der Waals surface area contributed by atoms with Gasteiger partial charge in [-0.3, -0.25) is 0 Å². The molecule has 1 atom stereocenters. The van der Waals surface area contributed by atoms with E-state index in [-0.39, 0.29) is 12.1 Å². The molecule has 8 heteroatoms. The molecule has 0 radical (unpaired) electrons. The van der Waals surface area contributed by atoms with E-state index in [0.29, 0.717) is 12.5 Å². The van der Waals surface area contributed by atoms with Crippen LogP contribution in [0.15, 0.2) is 24.3 Å². The Bertz CT molecular complexity index is 439. The normalized spacial score (nSPS) is 14.5. The van der Waals surface area contributed by atoms with E-state index in [9.17, 15) is 30.7 Å². The van der Waals surface area contributed by atoms with Crippen molar-refractivity contribution >= 4 is 0 Å². The van der Waals surface area contributed by atoms with Crippen LogP contribution in [-0.4, -0.2) is 18.9 Å². The maximum Gasteiger partial charge on any atom is 0.402 e. The van der Waals surface area contributed by atoms with E-state index < -0.39 is 30.1 Å². The Morgan fingerprint density at radius 1 is 1.05 bits per heavy atom. The molecule has 120 valence electrons. The van der Waals surface area contributed by atoms with Gasteiger partial charge < -0.3 is 5.32 Å². The zero-order valence-electron chi connectivity index (χ0n) is 11.0. The largest absolute Gasteiger partial charge is 0.402 e. The van der Waals surface area contributed by atoms with Crippen LogP contribution in [0.3, 0.4) is 0 Å². The lowest BCUT2D eigenvalue weighted by molar-refractivity contribution is -0.292. The van der Waals surface area contributed by atoms with Crippen LogP contribution in [0.2, 0.25) is 0 Å². The van der Waals surface area contributed by atoms with Crippen molar-refractivity contribution in [3.63, 3.8) is 0 Å². The number of nitrogens with one attached hydrogen (secondary N) is 1. The molecule has 1 aromatic carbocycles. The molecule has 0 aromatic heterocycles. The van der Waals surface area contributed by atoms with Crippen molar-refractivity contribution in [1.82, 2.24) is 5.32 Å². The highest BCUT2D eigenvalue weighted by molar-refractivity contribution is 5.22. The van der Waals surface area contributed by atoms with E-state index in [2.05, 4.69) is 5.32 Å². The summed E-state index contributed by atoms with van der Waals surface area (Å²) in [5.74, 6) is -4.49. The lowest BCUT2D eigenvalue weighted by atomic mass is 9.91. The first-order valence-electron chi connectivity index (χ1n) is 6.19. The van der Waals surface area contributed by atoms with Crippen molar-refractivity contribution in [3.8, 4) is 0 Å². The molecule has 0 saturated carbocycles. The second kappa shape index (κ2) is 6.64. The van der Waals surface area contributed by atoms with E-state index in [4.69, 9.17) is 0 Å². The van der Waals surface area contributed by atoms with Crippen molar-refractivity contribution in [3.05, 3.63) is 35.6 Å². The van der Waals surface area contributed by atoms with Gasteiger partial charge >= 0.3 is 12.4 Å². The Kier molecular flexibility index (Phi) is 5.61. The molecular formula is C13H14F7N. The van der Waals surface area contributed by atoms with E-state index >= 15 is 0 Å². The van der Waals surface area contributed by atoms with Gasteiger partial charge in [-0.25, -0.2) is 4.39 Å². The highest BCUT2D eigenvalue weighted by Gasteiger charge is 2.60. The summed E-state index contributed by atoms with van der Waals surface area (Å²) in [5, 5.41) is 2.22. The third-order valence-corrected chi connectivity index (χ3v) is 2.86. The van der Waals surface area contributed by atoms with E-state index in [1.54, 1.807) is 6.92 Å². The van der Waals surface area contributed by atoms with Crippen LogP contribution in [-0.2, 0) is 0 Å². The maximum atomic E-state index is 13.1. The Morgan fingerprint density at radius 2 is 1.62 bits per heavy atom. The Hall–Kier alpha value is -1.31. The van der Waals surface area contributed by atoms with Crippen molar-refractivity contribution in [1.29, 1.82) is 0 Å². The molecule has 0 bridgehead atoms. The predicted molar refractivity (Wildman–Crippen MR) is 63.0 cm³/mol. The fourth-order valence-corrected chi connectivity index (χ4v) is 1.99. The molecule has 1 N–H and O–H groups in total. The minimum absolute atomic E-state index is 0.0517. The van der Waals surface area contributed by atoms with Gasteiger partial charge in [0, 0.05) is 0 Å². The number of benzene rings is 1. The molecule has 0 aliphatic heterocycles. The fourth-order valence-electron chi connectivity index (χ4n) is 1.99.